The van der Waals surface area contributed by atoms with Gasteiger partial charge in [-0.15, -0.1) is 0 Å². The van der Waals surface area contributed by atoms with Gasteiger partial charge in [0.1, 0.15) is 0 Å². The topological polar surface area (TPSA) is 84.2 Å². The molecule has 2 amide bonds. The fourth-order valence-electron chi connectivity index (χ4n) is 3.17. The molecule has 1 aromatic rings. The first kappa shape index (κ1) is 18.5. The minimum absolute atomic E-state index is 0.0853. The molecule has 1 fully saturated rings. The molecule has 1 aliphatic rings. The zero-order chi connectivity index (χ0) is 17.4. The van der Waals surface area contributed by atoms with Gasteiger partial charge >= 0.3 is 0 Å². The van der Waals surface area contributed by atoms with Crippen LogP contribution in [0.25, 0.3) is 0 Å². The van der Waals surface area contributed by atoms with E-state index in [2.05, 4.69) is 10.6 Å². The number of hydrogen-bond acceptors (Lipinski definition) is 3. The Morgan fingerprint density at radius 2 is 1.83 bits per heavy atom. The summed E-state index contributed by atoms with van der Waals surface area (Å²) in [5.74, 6) is 0.129. The highest BCUT2D eigenvalue weighted by atomic mass is 16.2. The molecule has 0 aromatic heterocycles. The number of carbonyl (C=O) groups is 2. The van der Waals surface area contributed by atoms with Crippen LogP contribution >= 0.6 is 0 Å². The smallest absolute Gasteiger partial charge is 0.223 e. The average Bonchev–Trinajstić information content (AvgIpc) is 2.61. The number of carbonyl (C=O) groups excluding carboxylic acids is 2. The molecule has 2 atom stereocenters. The Bertz CT molecular complexity index is 527. The van der Waals surface area contributed by atoms with Crippen molar-refractivity contribution >= 4 is 11.8 Å². The highest BCUT2D eigenvalue weighted by Gasteiger charge is 2.22. The Hall–Kier alpha value is -1.88. The lowest BCUT2D eigenvalue weighted by Gasteiger charge is -2.23. The Morgan fingerprint density at radius 1 is 1.17 bits per heavy atom. The Morgan fingerprint density at radius 3 is 2.50 bits per heavy atom. The number of benzene rings is 1. The Labute approximate surface area is 144 Å². The fourth-order valence-corrected chi connectivity index (χ4v) is 3.17. The number of amides is 2. The molecule has 1 aromatic carbocycles. The molecule has 5 heteroatoms. The van der Waals surface area contributed by atoms with E-state index in [1.165, 1.54) is 6.42 Å². The van der Waals surface area contributed by atoms with Crippen LogP contribution in [0.2, 0.25) is 0 Å². The number of hydrogen-bond donors (Lipinski definition) is 3. The number of nitrogens with two attached hydrogens (primary N) is 1. The van der Waals surface area contributed by atoms with Gasteiger partial charge in [-0.05, 0) is 25.3 Å². The largest absolute Gasteiger partial charge is 0.354 e. The maximum absolute atomic E-state index is 12.2. The van der Waals surface area contributed by atoms with Crippen LogP contribution in [-0.4, -0.2) is 24.4 Å². The lowest BCUT2D eigenvalue weighted by Crippen LogP contribution is -2.41. The number of nitrogens with one attached hydrogen (secondary N) is 2. The molecule has 24 heavy (non-hydrogen) atoms. The van der Waals surface area contributed by atoms with Gasteiger partial charge in [0, 0.05) is 31.0 Å². The third-order valence-electron chi connectivity index (χ3n) is 4.60. The van der Waals surface area contributed by atoms with Crippen molar-refractivity contribution < 1.29 is 9.59 Å². The average molecular weight is 331 g/mol. The minimum Gasteiger partial charge on any atom is -0.354 e. The Kier molecular flexibility index (Phi) is 7.25. The monoisotopic (exact) mass is 331 g/mol. The quantitative estimate of drug-likeness (QED) is 0.716. The second-order valence-corrected chi connectivity index (χ2v) is 6.77. The van der Waals surface area contributed by atoms with E-state index in [1.807, 2.05) is 37.3 Å². The third-order valence-corrected chi connectivity index (χ3v) is 4.60. The van der Waals surface area contributed by atoms with E-state index in [9.17, 15) is 9.59 Å². The van der Waals surface area contributed by atoms with E-state index in [-0.39, 0.29) is 36.2 Å². The van der Waals surface area contributed by atoms with E-state index in [0.717, 1.165) is 31.2 Å². The van der Waals surface area contributed by atoms with Gasteiger partial charge in [-0.25, -0.2) is 0 Å². The van der Waals surface area contributed by atoms with Crippen LogP contribution in [-0.2, 0) is 9.59 Å². The molecule has 5 nitrogen and oxygen atoms in total. The van der Waals surface area contributed by atoms with Crippen LogP contribution in [0, 0.1) is 5.92 Å². The van der Waals surface area contributed by atoms with Gasteiger partial charge in [-0.1, -0.05) is 49.6 Å². The summed E-state index contributed by atoms with van der Waals surface area (Å²) in [6, 6.07) is 9.31. The van der Waals surface area contributed by atoms with Crippen LogP contribution < -0.4 is 16.4 Å². The summed E-state index contributed by atoms with van der Waals surface area (Å²) in [6.07, 6.45) is 5.70. The Balaban J connectivity index is 1.68. The van der Waals surface area contributed by atoms with Crippen molar-refractivity contribution in [2.24, 2.45) is 11.7 Å². The summed E-state index contributed by atoms with van der Waals surface area (Å²) < 4.78 is 0. The van der Waals surface area contributed by atoms with Crippen molar-refractivity contribution in [3.05, 3.63) is 35.9 Å². The summed E-state index contributed by atoms with van der Waals surface area (Å²) in [7, 11) is 0. The second-order valence-electron chi connectivity index (χ2n) is 6.77. The van der Waals surface area contributed by atoms with Crippen LogP contribution in [0.1, 0.15) is 57.1 Å². The standard InChI is InChI=1S/C19H29N3O2/c1-14(22-19(24)16-10-6-3-7-11-16)12-18(23)21-13-17(20)15-8-4-2-5-9-15/h2,4-5,8-9,14,16-17H,3,6-7,10-13,20H2,1H3,(H,21,23)(H,22,24). The van der Waals surface area contributed by atoms with Gasteiger partial charge in [0.05, 0.1) is 0 Å². The molecule has 0 saturated heterocycles. The molecule has 0 radical (unpaired) electrons. The van der Waals surface area contributed by atoms with Gasteiger partial charge in [0.15, 0.2) is 0 Å². The summed E-state index contributed by atoms with van der Waals surface area (Å²) in [4.78, 5) is 24.2. The molecule has 4 N–H and O–H groups in total. The molecule has 1 aliphatic carbocycles. The molecule has 0 bridgehead atoms. The summed E-state index contributed by atoms with van der Waals surface area (Å²) in [5, 5.41) is 5.82. The second kappa shape index (κ2) is 9.42. The molecular weight excluding hydrogens is 302 g/mol. The van der Waals surface area contributed by atoms with Crippen LogP contribution in [0.3, 0.4) is 0 Å². The highest BCUT2D eigenvalue weighted by molar-refractivity contribution is 5.81. The van der Waals surface area contributed by atoms with E-state index >= 15 is 0 Å². The minimum atomic E-state index is -0.220. The lowest BCUT2D eigenvalue weighted by atomic mass is 9.88. The SMILES string of the molecule is CC(CC(=O)NCC(N)c1ccccc1)NC(=O)C1CCCCC1. The summed E-state index contributed by atoms with van der Waals surface area (Å²) in [6.45, 7) is 2.27. The highest BCUT2D eigenvalue weighted by Crippen LogP contribution is 2.23. The van der Waals surface area contributed by atoms with Crippen LogP contribution in [0.15, 0.2) is 30.3 Å². The van der Waals surface area contributed by atoms with E-state index in [0.29, 0.717) is 6.54 Å². The lowest BCUT2D eigenvalue weighted by molar-refractivity contribution is -0.127. The van der Waals surface area contributed by atoms with Crippen molar-refractivity contribution in [3.63, 3.8) is 0 Å². The predicted octanol–water partition coefficient (Wildman–Crippen LogP) is 2.28. The van der Waals surface area contributed by atoms with Crippen molar-refractivity contribution in [1.29, 1.82) is 0 Å². The first-order valence-electron chi connectivity index (χ1n) is 8.94. The van der Waals surface area contributed by atoms with Crippen molar-refractivity contribution in [1.82, 2.24) is 10.6 Å². The van der Waals surface area contributed by atoms with Crippen LogP contribution in [0.5, 0.6) is 0 Å². The first-order chi connectivity index (χ1) is 11.6. The zero-order valence-corrected chi connectivity index (χ0v) is 14.5. The zero-order valence-electron chi connectivity index (χ0n) is 14.5. The molecule has 132 valence electrons. The third kappa shape index (κ3) is 5.96. The fraction of sp³-hybridized carbons (Fsp3) is 0.579. The maximum Gasteiger partial charge on any atom is 0.223 e. The van der Waals surface area contributed by atoms with E-state index < -0.39 is 0 Å². The molecule has 0 heterocycles. The van der Waals surface area contributed by atoms with Gasteiger partial charge < -0.3 is 16.4 Å². The molecule has 2 rings (SSSR count). The normalized spacial score (nSPS) is 17.8. The molecule has 2 unspecified atom stereocenters. The van der Waals surface area contributed by atoms with Gasteiger partial charge in [-0.2, -0.15) is 0 Å². The van der Waals surface area contributed by atoms with E-state index in [4.69, 9.17) is 5.73 Å². The molecule has 0 aliphatic heterocycles. The van der Waals surface area contributed by atoms with Gasteiger partial charge in [0.25, 0.3) is 0 Å². The maximum atomic E-state index is 12.2. The van der Waals surface area contributed by atoms with Crippen molar-refractivity contribution in [2.45, 2.75) is 57.5 Å². The number of rotatable bonds is 7. The van der Waals surface area contributed by atoms with Gasteiger partial charge in [-0.3, -0.25) is 9.59 Å². The van der Waals surface area contributed by atoms with Crippen LogP contribution in [0.4, 0.5) is 0 Å². The molecule has 0 spiro atoms. The first-order valence-corrected chi connectivity index (χ1v) is 8.94. The van der Waals surface area contributed by atoms with Gasteiger partial charge in [0.2, 0.25) is 11.8 Å². The predicted molar refractivity (Wildman–Crippen MR) is 95.2 cm³/mol. The van der Waals surface area contributed by atoms with Crippen molar-refractivity contribution in [2.75, 3.05) is 6.54 Å². The van der Waals surface area contributed by atoms with E-state index in [1.54, 1.807) is 0 Å². The molecule has 1 saturated carbocycles. The summed E-state index contributed by atoms with van der Waals surface area (Å²) in [5.41, 5.74) is 7.06. The summed E-state index contributed by atoms with van der Waals surface area (Å²) >= 11 is 0. The van der Waals surface area contributed by atoms with Crippen molar-refractivity contribution in [3.8, 4) is 0 Å². The molecular formula is C19H29N3O2.